The molecule has 7 nitrogen and oxygen atoms in total. The van der Waals surface area contributed by atoms with Crippen molar-refractivity contribution >= 4 is 17.6 Å². The summed E-state index contributed by atoms with van der Waals surface area (Å²) in [5, 5.41) is 11.5. The van der Waals surface area contributed by atoms with Crippen LogP contribution in [0.2, 0.25) is 0 Å². The number of hydrogen-bond acceptors (Lipinski definition) is 5. The first-order valence-corrected chi connectivity index (χ1v) is 7.85. The molecule has 0 bridgehead atoms. The molecule has 0 saturated heterocycles. The standard InChI is InChI=1S/C19H21NO6/c1-11-7-13(8-12(2)18(11)26-10-17(21)22)19(23)20-14-5-6-15(24-3)16(9-14)25-4/h5-9H,10H2,1-4H3,(H,20,23)(H,21,22). The maximum absolute atomic E-state index is 12.5. The van der Waals surface area contributed by atoms with Gasteiger partial charge in [-0.15, -0.1) is 0 Å². The van der Waals surface area contributed by atoms with Crippen LogP contribution in [0.4, 0.5) is 5.69 Å². The lowest BCUT2D eigenvalue weighted by Crippen LogP contribution is -2.14. The molecule has 26 heavy (non-hydrogen) atoms. The topological polar surface area (TPSA) is 94.1 Å². The Hall–Kier alpha value is -3.22. The molecule has 2 N–H and O–H groups in total. The van der Waals surface area contributed by atoms with Crippen molar-refractivity contribution in [3.8, 4) is 17.2 Å². The van der Waals surface area contributed by atoms with Gasteiger partial charge in [0, 0.05) is 17.3 Å². The minimum atomic E-state index is -1.06. The molecule has 2 rings (SSSR count). The molecule has 2 aromatic carbocycles. The normalized spacial score (nSPS) is 10.2. The molecule has 0 atom stereocenters. The van der Waals surface area contributed by atoms with E-state index < -0.39 is 12.6 Å². The largest absolute Gasteiger partial charge is 0.493 e. The second-order valence-corrected chi connectivity index (χ2v) is 5.65. The average Bonchev–Trinajstić information content (AvgIpc) is 2.60. The summed E-state index contributed by atoms with van der Waals surface area (Å²) < 4.78 is 15.7. The van der Waals surface area contributed by atoms with Crippen LogP contribution in [0.25, 0.3) is 0 Å². The van der Waals surface area contributed by atoms with E-state index in [0.717, 1.165) is 0 Å². The Morgan fingerprint density at radius 2 is 1.62 bits per heavy atom. The third kappa shape index (κ3) is 4.44. The van der Waals surface area contributed by atoms with E-state index in [1.54, 1.807) is 44.2 Å². The van der Waals surface area contributed by atoms with E-state index in [0.29, 0.717) is 39.6 Å². The van der Waals surface area contributed by atoms with Gasteiger partial charge in [0.15, 0.2) is 18.1 Å². The van der Waals surface area contributed by atoms with Gasteiger partial charge in [0.05, 0.1) is 14.2 Å². The fraction of sp³-hybridized carbons (Fsp3) is 0.263. The highest BCUT2D eigenvalue weighted by Gasteiger charge is 2.14. The lowest BCUT2D eigenvalue weighted by Gasteiger charge is -2.14. The van der Waals surface area contributed by atoms with Gasteiger partial charge in [0.2, 0.25) is 0 Å². The molecule has 0 unspecified atom stereocenters. The number of carboxylic acid groups (broad SMARTS) is 1. The second kappa shape index (κ2) is 8.24. The highest BCUT2D eigenvalue weighted by atomic mass is 16.5. The van der Waals surface area contributed by atoms with Crippen molar-refractivity contribution in [2.75, 3.05) is 26.1 Å². The van der Waals surface area contributed by atoms with E-state index in [2.05, 4.69) is 5.32 Å². The summed E-state index contributed by atoms with van der Waals surface area (Å²) in [6, 6.07) is 8.39. The van der Waals surface area contributed by atoms with E-state index >= 15 is 0 Å². The summed E-state index contributed by atoms with van der Waals surface area (Å²) in [7, 11) is 3.06. The molecule has 138 valence electrons. The summed E-state index contributed by atoms with van der Waals surface area (Å²) in [5.41, 5.74) is 2.37. The molecule has 7 heteroatoms. The zero-order chi connectivity index (χ0) is 19.3. The Labute approximate surface area is 151 Å². The van der Waals surface area contributed by atoms with Gasteiger partial charge >= 0.3 is 5.97 Å². The van der Waals surface area contributed by atoms with E-state index in [1.165, 1.54) is 14.2 Å². The summed E-state index contributed by atoms with van der Waals surface area (Å²) >= 11 is 0. The lowest BCUT2D eigenvalue weighted by atomic mass is 10.0. The monoisotopic (exact) mass is 359 g/mol. The van der Waals surface area contributed by atoms with Crippen LogP contribution in [-0.2, 0) is 4.79 Å². The van der Waals surface area contributed by atoms with Crippen LogP contribution in [0.1, 0.15) is 21.5 Å². The van der Waals surface area contributed by atoms with Crippen LogP contribution in [0.15, 0.2) is 30.3 Å². The van der Waals surface area contributed by atoms with Crippen molar-refractivity contribution in [1.82, 2.24) is 0 Å². The summed E-state index contributed by atoms with van der Waals surface area (Å²) in [5.74, 6) is 0.189. The number of carboxylic acids is 1. The van der Waals surface area contributed by atoms with E-state index in [4.69, 9.17) is 19.3 Å². The first-order valence-electron chi connectivity index (χ1n) is 7.85. The molecule has 0 aliphatic heterocycles. The number of carbonyl (C=O) groups is 2. The minimum Gasteiger partial charge on any atom is -0.493 e. The number of benzene rings is 2. The number of carbonyl (C=O) groups excluding carboxylic acids is 1. The number of aryl methyl sites for hydroxylation is 2. The number of anilines is 1. The van der Waals surface area contributed by atoms with Gasteiger partial charge in [0.1, 0.15) is 5.75 Å². The third-order valence-corrected chi connectivity index (χ3v) is 3.70. The van der Waals surface area contributed by atoms with Gasteiger partial charge < -0.3 is 24.6 Å². The zero-order valence-corrected chi connectivity index (χ0v) is 15.1. The Morgan fingerprint density at radius 3 is 2.15 bits per heavy atom. The predicted molar refractivity (Wildman–Crippen MR) is 96.5 cm³/mol. The minimum absolute atomic E-state index is 0.298. The number of nitrogens with one attached hydrogen (secondary N) is 1. The number of ether oxygens (including phenoxy) is 3. The van der Waals surface area contributed by atoms with Gasteiger partial charge in [0.25, 0.3) is 5.91 Å². The smallest absolute Gasteiger partial charge is 0.341 e. The molecule has 0 fully saturated rings. The van der Waals surface area contributed by atoms with E-state index in [9.17, 15) is 9.59 Å². The fourth-order valence-corrected chi connectivity index (χ4v) is 2.56. The molecular weight excluding hydrogens is 338 g/mol. The zero-order valence-electron chi connectivity index (χ0n) is 15.1. The highest BCUT2D eigenvalue weighted by Crippen LogP contribution is 2.30. The van der Waals surface area contributed by atoms with Crippen LogP contribution >= 0.6 is 0 Å². The van der Waals surface area contributed by atoms with Crippen molar-refractivity contribution in [3.05, 3.63) is 47.0 Å². The average molecular weight is 359 g/mol. The third-order valence-electron chi connectivity index (χ3n) is 3.70. The van der Waals surface area contributed by atoms with E-state index in [-0.39, 0.29) is 5.91 Å². The van der Waals surface area contributed by atoms with Crippen molar-refractivity contribution in [3.63, 3.8) is 0 Å². The number of aliphatic carboxylic acids is 1. The summed E-state index contributed by atoms with van der Waals surface area (Å²) in [4.78, 5) is 23.2. The Balaban J connectivity index is 2.21. The maximum atomic E-state index is 12.5. The van der Waals surface area contributed by atoms with Crippen molar-refractivity contribution < 1.29 is 28.9 Å². The molecular formula is C19H21NO6. The fourth-order valence-electron chi connectivity index (χ4n) is 2.56. The molecule has 0 aliphatic rings. The van der Waals surface area contributed by atoms with Gasteiger partial charge in [-0.1, -0.05) is 0 Å². The SMILES string of the molecule is COc1ccc(NC(=O)c2cc(C)c(OCC(=O)O)c(C)c2)cc1OC. The van der Waals surface area contributed by atoms with Crippen molar-refractivity contribution in [2.45, 2.75) is 13.8 Å². The molecule has 2 aromatic rings. The molecule has 0 radical (unpaired) electrons. The van der Waals surface area contributed by atoms with Crippen LogP contribution in [0.3, 0.4) is 0 Å². The van der Waals surface area contributed by atoms with Gasteiger partial charge in [-0.25, -0.2) is 4.79 Å². The van der Waals surface area contributed by atoms with E-state index in [1.807, 2.05) is 0 Å². The lowest BCUT2D eigenvalue weighted by molar-refractivity contribution is -0.139. The Bertz CT molecular complexity index is 808. The molecule has 0 saturated carbocycles. The molecule has 0 heterocycles. The Kier molecular flexibility index (Phi) is 6.06. The molecule has 1 amide bonds. The first-order chi connectivity index (χ1) is 12.3. The quantitative estimate of drug-likeness (QED) is 0.789. The summed E-state index contributed by atoms with van der Waals surface area (Å²) in [6.07, 6.45) is 0. The van der Waals surface area contributed by atoms with Crippen LogP contribution in [0.5, 0.6) is 17.2 Å². The van der Waals surface area contributed by atoms with Crippen molar-refractivity contribution in [1.29, 1.82) is 0 Å². The van der Waals surface area contributed by atoms with Gasteiger partial charge in [-0.05, 0) is 49.2 Å². The van der Waals surface area contributed by atoms with Gasteiger partial charge in [-0.3, -0.25) is 4.79 Å². The predicted octanol–water partition coefficient (Wildman–Crippen LogP) is 3.04. The molecule has 0 aromatic heterocycles. The van der Waals surface area contributed by atoms with Crippen LogP contribution in [0, 0.1) is 13.8 Å². The van der Waals surface area contributed by atoms with Gasteiger partial charge in [-0.2, -0.15) is 0 Å². The summed E-state index contributed by atoms with van der Waals surface area (Å²) in [6.45, 7) is 3.09. The molecule has 0 aliphatic carbocycles. The number of amides is 1. The Morgan fingerprint density at radius 1 is 1.00 bits per heavy atom. The second-order valence-electron chi connectivity index (χ2n) is 5.65. The van der Waals surface area contributed by atoms with Crippen LogP contribution < -0.4 is 19.5 Å². The highest BCUT2D eigenvalue weighted by molar-refractivity contribution is 6.04. The van der Waals surface area contributed by atoms with Crippen molar-refractivity contribution in [2.24, 2.45) is 0 Å². The number of rotatable bonds is 7. The maximum Gasteiger partial charge on any atom is 0.341 e. The first kappa shape index (κ1) is 19.1. The molecule has 0 spiro atoms. The number of methoxy groups -OCH3 is 2. The van der Waals surface area contributed by atoms with Crippen LogP contribution in [-0.4, -0.2) is 37.8 Å². The number of hydrogen-bond donors (Lipinski definition) is 2.